The van der Waals surface area contributed by atoms with E-state index < -0.39 is 5.91 Å². The van der Waals surface area contributed by atoms with E-state index in [-0.39, 0.29) is 33.9 Å². The molecule has 0 unspecified atom stereocenters. The largest absolute Gasteiger partial charge is 0.481 e. The lowest BCUT2D eigenvalue weighted by atomic mass is 10.1. The van der Waals surface area contributed by atoms with Crippen LogP contribution in [-0.4, -0.2) is 28.4 Å². The van der Waals surface area contributed by atoms with E-state index in [4.69, 9.17) is 44.5 Å². The third-order valence-electron chi connectivity index (χ3n) is 5.70. The Bertz CT molecular complexity index is 1570. The molecule has 1 N–H and O–H groups in total. The van der Waals surface area contributed by atoms with E-state index in [0.29, 0.717) is 33.0 Å². The molecule has 3 aromatic carbocycles. The lowest BCUT2D eigenvalue weighted by Crippen LogP contribution is -2.23. The van der Waals surface area contributed by atoms with Gasteiger partial charge in [0.15, 0.2) is 12.4 Å². The molecule has 0 aliphatic carbocycles. The van der Waals surface area contributed by atoms with Gasteiger partial charge in [0.1, 0.15) is 5.82 Å². The van der Waals surface area contributed by atoms with Gasteiger partial charge >= 0.3 is 0 Å². The average Bonchev–Trinajstić information content (AvgIpc) is 2.88. The third kappa shape index (κ3) is 6.56. The summed E-state index contributed by atoms with van der Waals surface area (Å²) in [6, 6.07) is 15.2. The summed E-state index contributed by atoms with van der Waals surface area (Å²) in [4.78, 5) is 30.3. The maximum absolute atomic E-state index is 13.3. The Morgan fingerprint density at radius 1 is 1.13 bits per heavy atom. The Hall–Kier alpha value is -2.91. The van der Waals surface area contributed by atoms with Crippen LogP contribution in [0.15, 0.2) is 69.0 Å². The van der Waals surface area contributed by atoms with E-state index in [1.807, 2.05) is 19.9 Å². The van der Waals surface area contributed by atoms with Crippen LogP contribution in [0.2, 0.25) is 15.1 Å². The summed E-state index contributed by atoms with van der Waals surface area (Å²) < 4.78 is 7.64. The second-order valence-electron chi connectivity index (χ2n) is 8.46. The number of rotatable bonds is 8. The molecule has 11 heteroatoms. The topological polar surface area (TPSA) is 85.6 Å². The van der Waals surface area contributed by atoms with Gasteiger partial charge in [-0.25, -0.2) is 4.98 Å². The molecule has 0 spiro atoms. The zero-order chi connectivity index (χ0) is 27.4. The van der Waals surface area contributed by atoms with Crippen molar-refractivity contribution in [2.45, 2.75) is 26.2 Å². The fourth-order valence-corrected chi connectivity index (χ4v) is 4.66. The maximum Gasteiger partial charge on any atom is 0.282 e. The SMILES string of the molecule is CC[C@H](C)c1nc2ccc(Br)cc2c(=O)n1N=Cc1cc(Cl)c(OCC(=O)Nc2ccc(Cl)cc2)c(Cl)c1. The molecule has 0 saturated heterocycles. The van der Waals surface area contributed by atoms with Crippen LogP contribution in [-0.2, 0) is 4.79 Å². The Balaban J connectivity index is 1.57. The minimum Gasteiger partial charge on any atom is -0.481 e. The monoisotopic (exact) mass is 634 g/mol. The minimum atomic E-state index is -0.391. The Morgan fingerprint density at radius 2 is 1.82 bits per heavy atom. The van der Waals surface area contributed by atoms with Crippen molar-refractivity contribution >= 4 is 79.4 Å². The number of anilines is 1. The molecule has 0 fully saturated rings. The summed E-state index contributed by atoms with van der Waals surface area (Å²) in [7, 11) is 0. The van der Waals surface area contributed by atoms with Crippen LogP contribution in [0.4, 0.5) is 5.69 Å². The van der Waals surface area contributed by atoms with E-state index in [2.05, 4.69) is 26.3 Å². The van der Waals surface area contributed by atoms with Gasteiger partial charge in [0.05, 0.1) is 27.2 Å². The van der Waals surface area contributed by atoms with Crippen molar-refractivity contribution < 1.29 is 9.53 Å². The molecule has 196 valence electrons. The van der Waals surface area contributed by atoms with Gasteiger partial charge in [0, 0.05) is 21.1 Å². The van der Waals surface area contributed by atoms with E-state index in [0.717, 1.165) is 10.9 Å². The highest BCUT2D eigenvalue weighted by Crippen LogP contribution is 2.34. The van der Waals surface area contributed by atoms with E-state index in [9.17, 15) is 9.59 Å². The number of fused-ring (bicyclic) bond motifs is 1. The number of carbonyl (C=O) groups excluding carboxylic acids is 1. The maximum atomic E-state index is 13.3. The first-order chi connectivity index (χ1) is 18.2. The van der Waals surface area contributed by atoms with Gasteiger partial charge in [-0.2, -0.15) is 9.78 Å². The number of hydrogen-bond acceptors (Lipinski definition) is 5. The first kappa shape index (κ1) is 28.1. The molecule has 4 rings (SSSR count). The molecule has 0 aliphatic rings. The van der Waals surface area contributed by atoms with Gasteiger partial charge in [-0.3, -0.25) is 9.59 Å². The number of carbonyl (C=O) groups is 1. The van der Waals surface area contributed by atoms with Crippen LogP contribution in [0.5, 0.6) is 5.75 Å². The Labute approximate surface area is 242 Å². The number of hydrogen-bond donors (Lipinski definition) is 1. The predicted molar refractivity (Wildman–Crippen MR) is 157 cm³/mol. The summed E-state index contributed by atoms with van der Waals surface area (Å²) in [5.41, 5.74) is 1.43. The summed E-state index contributed by atoms with van der Waals surface area (Å²) in [5, 5.41) is 8.51. The van der Waals surface area contributed by atoms with Gasteiger partial charge in [-0.15, -0.1) is 0 Å². The van der Waals surface area contributed by atoms with Crippen LogP contribution >= 0.6 is 50.7 Å². The number of ether oxygens (including phenoxy) is 1. The summed E-state index contributed by atoms with van der Waals surface area (Å²) >= 11 is 22.1. The Kier molecular flexibility index (Phi) is 9.10. The van der Waals surface area contributed by atoms with Gasteiger partial charge < -0.3 is 10.1 Å². The third-order valence-corrected chi connectivity index (χ3v) is 7.01. The standard InChI is InChI=1S/C27H22BrCl3N4O3/c1-3-15(2)26-34-23-9-4-17(28)12-20(23)27(37)35(26)32-13-16-10-21(30)25(22(31)11-16)38-14-24(36)33-19-7-5-18(29)6-8-19/h4-13,15H,3,14H2,1-2H3,(H,33,36)/t15-/m0/s1. The lowest BCUT2D eigenvalue weighted by molar-refractivity contribution is -0.118. The molecule has 0 radical (unpaired) electrons. The highest BCUT2D eigenvalue weighted by atomic mass is 79.9. The highest BCUT2D eigenvalue weighted by molar-refractivity contribution is 9.10. The van der Waals surface area contributed by atoms with E-state index in [1.165, 1.54) is 10.9 Å². The van der Waals surface area contributed by atoms with Crippen molar-refractivity contribution in [2.75, 3.05) is 11.9 Å². The van der Waals surface area contributed by atoms with Crippen LogP contribution in [0.3, 0.4) is 0 Å². The molecular formula is C27H22BrCl3N4O3. The number of benzene rings is 3. The predicted octanol–water partition coefficient (Wildman–Crippen LogP) is 7.53. The summed E-state index contributed by atoms with van der Waals surface area (Å²) in [6.45, 7) is 3.70. The molecular weight excluding hydrogens is 615 g/mol. The van der Waals surface area contributed by atoms with Crippen molar-refractivity contribution in [3.63, 3.8) is 0 Å². The van der Waals surface area contributed by atoms with Crippen molar-refractivity contribution in [3.8, 4) is 5.75 Å². The first-order valence-corrected chi connectivity index (χ1v) is 13.5. The molecule has 1 heterocycles. The van der Waals surface area contributed by atoms with Crippen molar-refractivity contribution in [1.82, 2.24) is 9.66 Å². The van der Waals surface area contributed by atoms with E-state index in [1.54, 1.807) is 48.5 Å². The van der Waals surface area contributed by atoms with Gasteiger partial charge in [0.25, 0.3) is 11.5 Å². The molecule has 1 aromatic heterocycles. The number of nitrogens with zero attached hydrogens (tertiary/aromatic N) is 3. The number of halogens is 4. The Morgan fingerprint density at radius 3 is 2.47 bits per heavy atom. The fourth-order valence-electron chi connectivity index (χ4n) is 3.56. The summed E-state index contributed by atoms with van der Waals surface area (Å²) in [6.07, 6.45) is 2.26. The van der Waals surface area contributed by atoms with Crippen LogP contribution in [0, 0.1) is 0 Å². The lowest BCUT2D eigenvalue weighted by Gasteiger charge is -2.14. The van der Waals surface area contributed by atoms with Crippen molar-refractivity contribution in [1.29, 1.82) is 0 Å². The second-order valence-corrected chi connectivity index (χ2v) is 10.6. The highest BCUT2D eigenvalue weighted by Gasteiger charge is 2.16. The van der Waals surface area contributed by atoms with Gasteiger partial charge in [0.2, 0.25) is 0 Å². The zero-order valence-electron chi connectivity index (χ0n) is 20.3. The molecule has 0 bridgehead atoms. The van der Waals surface area contributed by atoms with Gasteiger partial charge in [-0.1, -0.05) is 64.6 Å². The van der Waals surface area contributed by atoms with Crippen LogP contribution < -0.4 is 15.6 Å². The molecule has 0 aliphatic heterocycles. The van der Waals surface area contributed by atoms with E-state index >= 15 is 0 Å². The molecule has 7 nitrogen and oxygen atoms in total. The minimum absolute atomic E-state index is 0.00475. The zero-order valence-corrected chi connectivity index (χ0v) is 24.2. The molecule has 1 amide bonds. The summed E-state index contributed by atoms with van der Waals surface area (Å²) in [5.74, 6) is 0.311. The average molecular weight is 637 g/mol. The van der Waals surface area contributed by atoms with Crippen LogP contribution in [0.25, 0.3) is 10.9 Å². The number of nitrogens with one attached hydrogen (secondary N) is 1. The molecule has 1 atom stereocenters. The fraction of sp³-hybridized carbons (Fsp3) is 0.185. The van der Waals surface area contributed by atoms with Crippen molar-refractivity contribution in [2.24, 2.45) is 5.10 Å². The quantitative estimate of drug-likeness (QED) is 0.203. The number of aromatic nitrogens is 2. The smallest absolute Gasteiger partial charge is 0.282 e. The molecule has 38 heavy (non-hydrogen) atoms. The van der Waals surface area contributed by atoms with Gasteiger partial charge in [-0.05, 0) is 66.6 Å². The second kappa shape index (κ2) is 12.3. The normalized spacial score (nSPS) is 12.2. The molecule has 4 aromatic rings. The first-order valence-electron chi connectivity index (χ1n) is 11.6. The van der Waals surface area contributed by atoms with Crippen LogP contribution in [0.1, 0.15) is 37.6 Å². The molecule has 0 saturated carbocycles. The number of amides is 1. The van der Waals surface area contributed by atoms with Crippen molar-refractivity contribution in [3.05, 3.63) is 95.9 Å².